The van der Waals surface area contributed by atoms with Crippen molar-refractivity contribution < 1.29 is 4.79 Å². The highest BCUT2D eigenvalue weighted by Gasteiger charge is 2.29. The van der Waals surface area contributed by atoms with Gasteiger partial charge in [0.15, 0.2) is 5.69 Å². The molecule has 0 saturated carbocycles. The zero-order valence-electron chi connectivity index (χ0n) is 16.8. The minimum atomic E-state index is 0.108. The topological polar surface area (TPSA) is 44.1 Å². The van der Waals surface area contributed by atoms with Crippen LogP contribution >= 0.6 is 0 Å². The Morgan fingerprint density at radius 2 is 2.00 bits per heavy atom. The van der Waals surface area contributed by atoms with Crippen molar-refractivity contribution in [1.29, 1.82) is 0 Å². The van der Waals surface area contributed by atoms with Crippen LogP contribution in [0.3, 0.4) is 0 Å². The summed E-state index contributed by atoms with van der Waals surface area (Å²) in [6, 6.07) is 4.71. The van der Waals surface area contributed by atoms with Crippen LogP contribution in [0.4, 0.5) is 0 Å². The van der Waals surface area contributed by atoms with Gasteiger partial charge in [-0.25, -0.2) is 4.98 Å². The first kappa shape index (κ1) is 18.4. The fraction of sp³-hybridized carbons (Fsp3) is 0.619. The van der Waals surface area contributed by atoms with E-state index in [0.717, 1.165) is 62.5 Å². The highest BCUT2D eigenvalue weighted by Crippen LogP contribution is 2.23. The van der Waals surface area contributed by atoms with Gasteiger partial charge in [0.2, 0.25) is 0 Å². The number of nitrogens with zero attached hydrogens (tertiary/aromatic N) is 5. The van der Waals surface area contributed by atoms with Crippen molar-refractivity contribution in [2.24, 2.45) is 0 Å². The monoisotopic (exact) mass is 369 g/mol. The Hall–Kier alpha value is -1.92. The summed E-state index contributed by atoms with van der Waals surface area (Å²) in [5.41, 5.74) is 3.73. The third-order valence-electron chi connectivity index (χ3n) is 6.14. The third kappa shape index (κ3) is 3.60. The van der Waals surface area contributed by atoms with Crippen LogP contribution in [-0.2, 0) is 6.54 Å². The van der Waals surface area contributed by atoms with Crippen LogP contribution in [0.1, 0.15) is 47.4 Å². The van der Waals surface area contributed by atoms with Gasteiger partial charge in [0.1, 0.15) is 5.65 Å². The molecule has 0 N–H and O–H groups in total. The van der Waals surface area contributed by atoms with Gasteiger partial charge in [0, 0.05) is 45.0 Å². The van der Waals surface area contributed by atoms with E-state index in [1.165, 1.54) is 12.8 Å². The number of piperidine rings is 1. The Labute approximate surface area is 161 Å². The number of fused-ring (bicyclic) bond motifs is 1. The zero-order valence-corrected chi connectivity index (χ0v) is 16.8. The molecule has 1 atom stereocenters. The van der Waals surface area contributed by atoms with Crippen LogP contribution in [0, 0.1) is 6.92 Å². The third-order valence-corrected chi connectivity index (χ3v) is 6.14. The molecule has 4 heterocycles. The van der Waals surface area contributed by atoms with Gasteiger partial charge in [0.25, 0.3) is 5.91 Å². The number of aromatic nitrogens is 2. The van der Waals surface area contributed by atoms with Crippen molar-refractivity contribution in [2.45, 2.75) is 45.2 Å². The van der Waals surface area contributed by atoms with Crippen molar-refractivity contribution in [1.82, 2.24) is 24.1 Å². The molecule has 2 saturated heterocycles. The van der Waals surface area contributed by atoms with Gasteiger partial charge < -0.3 is 14.2 Å². The van der Waals surface area contributed by atoms with Gasteiger partial charge in [-0.15, -0.1) is 0 Å². The summed E-state index contributed by atoms with van der Waals surface area (Å²) in [6.45, 7) is 6.68. The molecule has 0 spiro atoms. The highest BCUT2D eigenvalue weighted by molar-refractivity contribution is 5.94. The van der Waals surface area contributed by atoms with Gasteiger partial charge in [-0.1, -0.05) is 6.07 Å². The van der Waals surface area contributed by atoms with E-state index in [2.05, 4.69) is 53.5 Å². The molecule has 4 rings (SSSR count). The molecule has 2 aromatic rings. The number of likely N-dealkylation sites (N-methyl/N-ethyl adjacent to an activating group) is 1. The number of imidazole rings is 1. The second-order valence-corrected chi connectivity index (χ2v) is 8.29. The number of hydrogen-bond donors (Lipinski definition) is 0. The maximum absolute atomic E-state index is 13.3. The number of carbonyl (C=O) groups is 1. The predicted octanol–water partition coefficient (Wildman–Crippen LogP) is 2.40. The molecule has 27 heavy (non-hydrogen) atoms. The first-order valence-corrected chi connectivity index (χ1v) is 10.2. The van der Waals surface area contributed by atoms with Crippen LogP contribution in [0.15, 0.2) is 18.3 Å². The molecule has 2 fully saturated rings. The lowest BCUT2D eigenvalue weighted by Crippen LogP contribution is -2.37. The molecule has 1 unspecified atom stereocenters. The van der Waals surface area contributed by atoms with Crippen molar-refractivity contribution in [2.75, 3.05) is 40.3 Å². The van der Waals surface area contributed by atoms with E-state index in [1.807, 2.05) is 4.90 Å². The van der Waals surface area contributed by atoms with Crippen LogP contribution < -0.4 is 0 Å². The SMILES string of the molecule is Cc1cccn2c(CN3CCC(N(C)C)C3)c(C(=O)N3CCCCC3)nc12. The van der Waals surface area contributed by atoms with Gasteiger partial charge in [-0.2, -0.15) is 0 Å². The van der Waals surface area contributed by atoms with Crippen LogP contribution in [0.5, 0.6) is 0 Å². The molecule has 0 bridgehead atoms. The molecular formula is C21H31N5O. The summed E-state index contributed by atoms with van der Waals surface area (Å²) in [7, 11) is 4.30. The number of pyridine rings is 1. The zero-order chi connectivity index (χ0) is 19.0. The van der Waals surface area contributed by atoms with E-state index in [4.69, 9.17) is 4.98 Å². The van der Waals surface area contributed by atoms with Gasteiger partial charge >= 0.3 is 0 Å². The number of hydrogen-bond acceptors (Lipinski definition) is 4. The van der Waals surface area contributed by atoms with Gasteiger partial charge in [-0.3, -0.25) is 9.69 Å². The molecular weight excluding hydrogens is 338 g/mol. The van der Waals surface area contributed by atoms with E-state index < -0.39 is 0 Å². The van der Waals surface area contributed by atoms with Crippen molar-refractivity contribution >= 4 is 11.6 Å². The number of rotatable bonds is 4. The summed E-state index contributed by atoms with van der Waals surface area (Å²) in [4.78, 5) is 24.9. The van der Waals surface area contributed by atoms with E-state index >= 15 is 0 Å². The summed E-state index contributed by atoms with van der Waals surface area (Å²) in [5.74, 6) is 0.108. The van der Waals surface area contributed by atoms with Crippen molar-refractivity contribution in [3.8, 4) is 0 Å². The normalized spacial score (nSPS) is 21.5. The minimum Gasteiger partial charge on any atom is -0.337 e. The van der Waals surface area contributed by atoms with E-state index in [-0.39, 0.29) is 5.91 Å². The average Bonchev–Trinajstić information content (AvgIpc) is 3.29. The quantitative estimate of drug-likeness (QED) is 0.830. The maximum Gasteiger partial charge on any atom is 0.274 e. The molecule has 0 aromatic carbocycles. The largest absolute Gasteiger partial charge is 0.337 e. The second kappa shape index (κ2) is 7.60. The predicted molar refractivity (Wildman–Crippen MR) is 107 cm³/mol. The molecule has 0 radical (unpaired) electrons. The molecule has 1 amide bonds. The Bertz CT molecular complexity index is 821. The molecule has 6 nitrogen and oxygen atoms in total. The summed E-state index contributed by atoms with van der Waals surface area (Å²) >= 11 is 0. The molecule has 2 aliphatic heterocycles. The summed E-state index contributed by atoms with van der Waals surface area (Å²) in [5, 5.41) is 0. The fourth-order valence-electron chi connectivity index (χ4n) is 4.41. The molecule has 146 valence electrons. The van der Waals surface area contributed by atoms with Crippen LogP contribution in [0.2, 0.25) is 0 Å². The van der Waals surface area contributed by atoms with Crippen LogP contribution in [-0.4, -0.2) is 76.3 Å². The number of amides is 1. The summed E-state index contributed by atoms with van der Waals surface area (Å²) in [6.07, 6.45) is 6.66. The van der Waals surface area contributed by atoms with Crippen molar-refractivity contribution in [3.63, 3.8) is 0 Å². The molecule has 2 aliphatic rings. The molecule has 2 aromatic heterocycles. The lowest BCUT2D eigenvalue weighted by atomic mass is 10.1. The van der Waals surface area contributed by atoms with Gasteiger partial charge in [-0.05, 0) is 58.3 Å². The first-order valence-electron chi connectivity index (χ1n) is 10.2. The lowest BCUT2D eigenvalue weighted by molar-refractivity contribution is 0.0716. The number of likely N-dealkylation sites (tertiary alicyclic amines) is 2. The minimum absolute atomic E-state index is 0.108. The summed E-state index contributed by atoms with van der Waals surface area (Å²) < 4.78 is 2.13. The molecule has 0 aliphatic carbocycles. The highest BCUT2D eigenvalue weighted by atomic mass is 16.2. The maximum atomic E-state index is 13.3. The fourth-order valence-corrected chi connectivity index (χ4v) is 4.41. The van der Waals surface area contributed by atoms with E-state index in [1.54, 1.807) is 0 Å². The Kier molecular flexibility index (Phi) is 5.19. The van der Waals surface area contributed by atoms with Crippen LogP contribution in [0.25, 0.3) is 5.65 Å². The second-order valence-electron chi connectivity index (χ2n) is 8.29. The first-order chi connectivity index (χ1) is 13.0. The van der Waals surface area contributed by atoms with E-state index in [0.29, 0.717) is 11.7 Å². The smallest absolute Gasteiger partial charge is 0.274 e. The Morgan fingerprint density at radius 1 is 1.22 bits per heavy atom. The van der Waals surface area contributed by atoms with Gasteiger partial charge in [0.05, 0.1) is 5.69 Å². The lowest BCUT2D eigenvalue weighted by Gasteiger charge is -2.26. The Morgan fingerprint density at radius 3 is 2.70 bits per heavy atom. The van der Waals surface area contributed by atoms with Crippen molar-refractivity contribution in [3.05, 3.63) is 35.3 Å². The Balaban J connectivity index is 1.67. The number of carbonyl (C=O) groups excluding carboxylic acids is 1. The molecule has 6 heteroatoms. The average molecular weight is 370 g/mol. The standard InChI is InChI=1S/C21H31N5O/c1-16-8-7-12-26-18(15-24-13-9-17(14-24)23(2)3)19(22-20(16)26)21(27)25-10-5-4-6-11-25/h7-8,12,17H,4-6,9-11,13-15H2,1-3H3. The van der Waals surface area contributed by atoms with E-state index in [9.17, 15) is 4.79 Å². The number of aryl methyl sites for hydroxylation is 1.